The van der Waals surface area contributed by atoms with Crippen molar-refractivity contribution in [1.29, 1.82) is 0 Å². The number of fused-ring (bicyclic) bond motifs is 5. The molecule has 3 saturated carbocycles. The van der Waals surface area contributed by atoms with Crippen LogP contribution in [0.25, 0.3) is 6.08 Å². The first-order chi connectivity index (χ1) is 13.8. The van der Waals surface area contributed by atoms with Gasteiger partial charge in [0.05, 0.1) is 0 Å². The van der Waals surface area contributed by atoms with Crippen molar-refractivity contribution >= 4 is 23.6 Å². The molecule has 1 saturated heterocycles. The number of nitrogens with zero attached hydrogens (tertiary/aromatic N) is 1. The molecular formula is C26H34ClNO. The van der Waals surface area contributed by atoms with Crippen LogP contribution in [0.2, 0.25) is 5.02 Å². The Kier molecular flexibility index (Phi) is 4.66. The van der Waals surface area contributed by atoms with Crippen LogP contribution in [0.5, 0.6) is 0 Å². The second-order valence-electron chi connectivity index (χ2n) is 10.7. The van der Waals surface area contributed by atoms with Gasteiger partial charge in [-0.3, -0.25) is 4.79 Å². The number of piperidine rings is 1. The first-order valence-corrected chi connectivity index (χ1v) is 11.9. The van der Waals surface area contributed by atoms with E-state index in [1.807, 2.05) is 6.07 Å². The highest BCUT2D eigenvalue weighted by molar-refractivity contribution is 6.30. The van der Waals surface area contributed by atoms with Crippen LogP contribution in [-0.2, 0) is 4.79 Å². The molecule has 1 amide bonds. The topological polar surface area (TPSA) is 20.3 Å². The van der Waals surface area contributed by atoms with E-state index in [0.29, 0.717) is 22.8 Å². The normalized spacial score (nSPS) is 43.1. The first-order valence-electron chi connectivity index (χ1n) is 11.6. The van der Waals surface area contributed by atoms with E-state index in [1.165, 1.54) is 44.1 Å². The molecule has 1 aliphatic heterocycles. The fourth-order valence-electron chi connectivity index (χ4n) is 8.03. The number of carbonyl (C=O) groups is 1. The molecule has 4 fully saturated rings. The molecule has 0 radical (unpaired) electrons. The van der Waals surface area contributed by atoms with Crippen molar-refractivity contribution in [3.63, 3.8) is 0 Å². The molecule has 0 N–H and O–H groups in total. The fraction of sp³-hybridized carbons (Fsp3) is 0.654. The molecular weight excluding hydrogens is 378 g/mol. The maximum Gasteiger partial charge on any atom is 0.222 e. The van der Waals surface area contributed by atoms with Crippen LogP contribution in [0, 0.1) is 28.6 Å². The lowest BCUT2D eigenvalue weighted by Crippen LogP contribution is -2.61. The van der Waals surface area contributed by atoms with Gasteiger partial charge in [-0.25, -0.2) is 0 Å². The third-order valence-electron chi connectivity index (χ3n) is 9.59. The summed E-state index contributed by atoms with van der Waals surface area (Å²) in [4.78, 5) is 14.4. The molecule has 2 nitrogen and oxygen atoms in total. The van der Waals surface area contributed by atoms with Crippen LogP contribution in [0.1, 0.15) is 70.8 Å². The van der Waals surface area contributed by atoms with Crippen molar-refractivity contribution in [2.45, 2.75) is 71.3 Å². The van der Waals surface area contributed by atoms with Crippen LogP contribution in [0.4, 0.5) is 0 Å². The van der Waals surface area contributed by atoms with Crippen molar-refractivity contribution in [3.05, 3.63) is 40.4 Å². The van der Waals surface area contributed by atoms with E-state index >= 15 is 0 Å². The van der Waals surface area contributed by atoms with Gasteiger partial charge in [-0.1, -0.05) is 49.2 Å². The second kappa shape index (κ2) is 6.87. The molecule has 5 rings (SSSR count). The van der Waals surface area contributed by atoms with Crippen LogP contribution < -0.4 is 0 Å². The average Bonchev–Trinajstić information content (AvgIpc) is 3.02. The van der Waals surface area contributed by atoms with Crippen molar-refractivity contribution < 1.29 is 4.79 Å². The number of benzene rings is 1. The van der Waals surface area contributed by atoms with Crippen LogP contribution >= 0.6 is 11.6 Å². The first kappa shape index (κ1) is 19.7. The van der Waals surface area contributed by atoms with Crippen molar-refractivity contribution in [1.82, 2.24) is 4.90 Å². The average molecular weight is 412 g/mol. The lowest BCUT2D eigenvalue weighted by molar-refractivity contribution is -0.156. The van der Waals surface area contributed by atoms with Crippen LogP contribution in [-0.4, -0.2) is 23.9 Å². The monoisotopic (exact) mass is 411 g/mol. The molecule has 1 aromatic carbocycles. The highest BCUT2D eigenvalue weighted by Crippen LogP contribution is 2.66. The number of allylic oxidation sites excluding steroid dienone is 1. The van der Waals surface area contributed by atoms with Crippen LogP contribution in [0.3, 0.4) is 0 Å². The van der Waals surface area contributed by atoms with Gasteiger partial charge in [0.25, 0.3) is 0 Å². The Bertz CT molecular complexity index is 862. The summed E-state index contributed by atoms with van der Waals surface area (Å²) in [5, 5.41) is 0.824. The highest BCUT2D eigenvalue weighted by atomic mass is 35.5. The molecule has 29 heavy (non-hydrogen) atoms. The number of carbonyl (C=O) groups excluding carboxylic acids is 1. The number of hydrogen-bond donors (Lipinski definition) is 0. The number of rotatable bonds is 1. The van der Waals surface area contributed by atoms with Gasteiger partial charge in [0.2, 0.25) is 5.91 Å². The molecule has 0 bridgehead atoms. The lowest BCUT2D eigenvalue weighted by Gasteiger charge is -2.61. The summed E-state index contributed by atoms with van der Waals surface area (Å²) >= 11 is 6.24. The minimum absolute atomic E-state index is 0.312. The summed E-state index contributed by atoms with van der Waals surface area (Å²) in [6, 6.07) is 8.75. The van der Waals surface area contributed by atoms with E-state index in [-0.39, 0.29) is 0 Å². The van der Waals surface area contributed by atoms with E-state index in [1.54, 1.807) is 5.57 Å². The van der Waals surface area contributed by atoms with Crippen molar-refractivity contribution in [3.8, 4) is 0 Å². The van der Waals surface area contributed by atoms with Gasteiger partial charge in [0.1, 0.15) is 0 Å². The minimum Gasteiger partial charge on any atom is -0.342 e. The third-order valence-corrected chi connectivity index (χ3v) is 9.83. The molecule has 0 aromatic heterocycles. The molecule has 156 valence electrons. The Morgan fingerprint density at radius 3 is 2.69 bits per heavy atom. The van der Waals surface area contributed by atoms with E-state index in [9.17, 15) is 4.79 Å². The largest absolute Gasteiger partial charge is 0.342 e. The van der Waals surface area contributed by atoms with E-state index in [2.05, 4.69) is 50.1 Å². The van der Waals surface area contributed by atoms with Crippen molar-refractivity contribution in [2.75, 3.05) is 7.05 Å². The molecule has 1 aromatic rings. The second-order valence-corrected chi connectivity index (χ2v) is 11.1. The Labute approximate surface area is 180 Å². The summed E-state index contributed by atoms with van der Waals surface area (Å²) < 4.78 is 0. The van der Waals surface area contributed by atoms with Crippen molar-refractivity contribution in [2.24, 2.45) is 28.6 Å². The Morgan fingerprint density at radius 2 is 1.90 bits per heavy atom. The molecule has 0 unspecified atom stereocenters. The number of likely N-dealkylation sites (tertiary alicyclic amines) is 1. The van der Waals surface area contributed by atoms with Gasteiger partial charge in [0, 0.05) is 24.5 Å². The maximum absolute atomic E-state index is 12.3. The predicted octanol–water partition coefficient (Wildman–Crippen LogP) is 6.59. The SMILES string of the molecule is CN1C(=O)CC[C@]2(C)[C@H]3CC[C@]4(C)C(=Cc5cccc(Cl)c5)CC[C@H]4[C@@H]3CC[C@@H]12. The molecule has 6 atom stereocenters. The van der Waals surface area contributed by atoms with Gasteiger partial charge in [-0.15, -0.1) is 0 Å². The Morgan fingerprint density at radius 1 is 1.07 bits per heavy atom. The van der Waals surface area contributed by atoms with E-state index < -0.39 is 0 Å². The Balaban J connectivity index is 1.44. The van der Waals surface area contributed by atoms with Gasteiger partial charge >= 0.3 is 0 Å². The summed E-state index contributed by atoms with van der Waals surface area (Å²) in [7, 11) is 2.05. The number of amides is 1. The number of hydrogen-bond acceptors (Lipinski definition) is 1. The molecule has 3 heteroatoms. The molecule has 1 heterocycles. The number of halogens is 1. The molecule has 3 aliphatic carbocycles. The van der Waals surface area contributed by atoms with E-state index in [4.69, 9.17) is 11.6 Å². The fourth-order valence-corrected chi connectivity index (χ4v) is 8.23. The molecule has 0 spiro atoms. The van der Waals surface area contributed by atoms with Gasteiger partial charge in [-0.2, -0.15) is 0 Å². The summed E-state index contributed by atoms with van der Waals surface area (Å²) in [5.74, 6) is 2.76. The van der Waals surface area contributed by atoms with Gasteiger partial charge in [0.15, 0.2) is 0 Å². The summed E-state index contributed by atoms with van der Waals surface area (Å²) in [6.45, 7) is 5.06. The smallest absolute Gasteiger partial charge is 0.222 e. The summed E-state index contributed by atoms with van der Waals surface area (Å²) in [5.41, 5.74) is 3.54. The standard InChI is InChI=1S/C26H34ClNO/c1-25-13-11-22-20(8-10-23-26(22,2)14-12-24(29)28(23)3)21(25)9-7-18(25)15-17-5-4-6-19(27)16-17/h4-6,15-16,20-23H,7-14H2,1-3H3/t20-,21-,22-,23+,25+,26+/m0/s1. The minimum atomic E-state index is 0.312. The maximum atomic E-state index is 12.3. The van der Waals surface area contributed by atoms with Gasteiger partial charge < -0.3 is 4.90 Å². The molecule has 4 aliphatic rings. The van der Waals surface area contributed by atoms with Crippen LogP contribution in [0.15, 0.2) is 29.8 Å². The summed E-state index contributed by atoms with van der Waals surface area (Å²) in [6.07, 6.45) is 11.9. The Hall–Kier alpha value is -1.28. The zero-order chi connectivity index (χ0) is 20.4. The highest BCUT2D eigenvalue weighted by Gasteiger charge is 2.59. The van der Waals surface area contributed by atoms with E-state index in [0.717, 1.165) is 35.6 Å². The van der Waals surface area contributed by atoms with Gasteiger partial charge in [-0.05, 0) is 91.2 Å². The zero-order valence-electron chi connectivity index (χ0n) is 18.1. The third kappa shape index (κ3) is 2.92. The lowest BCUT2D eigenvalue weighted by atomic mass is 9.47. The predicted molar refractivity (Wildman–Crippen MR) is 120 cm³/mol. The quantitative estimate of drug-likeness (QED) is 0.510. The zero-order valence-corrected chi connectivity index (χ0v) is 18.8.